The smallest absolute Gasteiger partial charge is 0.278 e. The van der Waals surface area contributed by atoms with Crippen LogP contribution in [0.25, 0.3) is 5.69 Å². The van der Waals surface area contributed by atoms with E-state index in [2.05, 4.69) is 18.9 Å². The molecule has 2 heterocycles. The summed E-state index contributed by atoms with van der Waals surface area (Å²) in [6.07, 6.45) is 4.40. The van der Waals surface area contributed by atoms with Gasteiger partial charge in [-0.25, -0.2) is 4.68 Å². The van der Waals surface area contributed by atoms with Gasteiger partial charge in [0.2, 0.25) is 0 Å². The predicted octanol–water partition coefficient (Wildman–Crippen LogP) is 3.47. The van der Waals surface area contributed by atoms with Crippen molar-refractivity contribution in [3.8, 4) is 11.4 Å². The largest absolute Gasteiger partial charge is 0.504 e. The van der Waals surface area contributed by atoms with E-state index in [4.69, 9.17) is 5.73 Å². The third-order valence-electron chi connectivity index (χ3n) is 5.14. The molecule has 0 aliphatic carbocycles. The van der Waals surface area contributed by atoms with Gasteiger partial charge in [0, 0.05) is 18.6 Å². The topological polar surface area (TPSA) is 84.4 Å². The lowest BCUT2D eigenvalue weighted by molar-refractivity contribution is 0.0574. The van der Waals surface area contributed by atoms with Gasteiger partial charge in [-0.2, -0.15) is 5.10 Å². The highest BCUT2D eigenvalue weighted by atomic mass is 35.5. The highest BCUT2D eigenvalue weighted by molar-refractivity contribution is 5.95. The second-order valence-electron chi connectivity index (χ2n) is 7.47. The number of nitrogens with two attached hydrogens (primary N) is 1. The molecular formula is C20H29ClN4O2. The zero-order chi connectivity index (χ0) is 18.8. The molecule has 2 atom stereocenters. The summed E-state index contributed by atoms with van der Waals surface area (Å²) in [6, 6.07) is 7.86. The molecule has 1 aromatic carbocycles. The molecule has 1 aliphatic rings. The van der Waals surface area contributed by atoms with Crippen molar-refractivity contribution in [2.45, 2.75) is 58.0 Å². The average molecular weight is 393 g/mol. The summed E-state index contributed by atoms with van der Waals surface area (Å²) in [5.41, 5.74) is 8.19. The molecule has 0 bridgehead atoms. The quantitative estimate of drug-likeness (QED) is 0.834. The van der Waals surface area contributed by atoms with Gasteiger partial charge < -0.3 is 15.7 Å². The number of carbonyl (C=O) groups excluding carboxylic acids is 1. The van der Waals surface area contributed by atoms with Gasteiger partial charge in [0.25, 0.3) is 5.91 Å². The highest BCUT2D eigenvalue weighted by Crippen LogP contribution is 2.26. The summed E-state index contributed by atoms with van der Waals surface area (Å²) >= 11 is 0. The Morgan fingerprint density at radius 1 is 1.22 bits per heavy atom. The van der Waals surface area contributed by atoms with Crippen molar-refractivity contribution in [1.82, 2.24) is 14.7 Å². The molecule has 3 N–H and O–H groups in total. The molecule has 1 saturated heterocycles. The first kappa shape index (κ1) is 21.3. The van der Waals surface area contributed by atoms with Crippen LogP contribution in [0.15, 0.2) is 30.5 Å². The van der Waals surface area contributed by atoms with Gasteiger partial charge in [-0.15, -0.1) is 12.4 Å². The van der Waals surface area contributed by atoms with E-state index in [1.807, 2.05) is 31.2 Å². The monoisotopic (exact) mass is 392 g/mol. The van der Waals surface area contributed by atoms with Crippen LogP contribution in [0.1, 0.15) is 62.0 Å². The van der Waals surface area contributed by atoms with E-state index in [9.17, 15) is 9.90 Å². The molecule has 2 aromatic rings. The number of halogens is 1. The van der Waals surface area contributed by atoms with E-state index < -0.39 is 0 Å². The van der Waals surface area contributed by atoms with Gasteiger partial charge in [0.15, 0.2) is 11.4 Å². The number of rotatable bonds is 4. The van der Waals surface area contributed by atoms with Gasteiger partial charge in [-0.05, 0) is 49.8 Å². The van der Waals surface area contributed by atoms with Gasteiger partial charge in [0.05, 0.1) is 11.9 Å². The van der Waals surface area contributed by atoms with Gasteiger partial charge >= 0.3 is 0 Å². The van der Waals surface area contributed by atoms with Crippen LogP contribution in [-0.2, 0) is 0 Å². The molecule has 27 heavy (non-hydrogen) atoms. The van der Waals surface area contributed by atoms with E-state index in [0.29, 0.717) is 12.5 Å². The second-order valence-corrected chi connectivity index (χ2v) is 7.47. The third kappa shape index (κ3) is 4.45. The Morgan fingerprint density at radius 2 is 1.89 bits per heavy atom. The second kappa shape index (κ2) is 8.76. The fourth-order valence-corrected chi connectivity index (χ4v) is 3.55. The Hall–Kier alpha value is -2.05. The summed E-state index contributed by atoms with van der Waals surface area (Å²) in [7, 11) is 0. The van der Waals surface area contributed by atoms with Gasteiger partial charge in [-0.1, -0.05) is 26.0 Å². The molecule has 1 fully saturated rings. The van der Waals surface area contributed by atoms with Crippen LogP contribution in [-0.4, -0.2) is 44.3 Å². The average Bonchev–Trinajstić information content (AvgIpc) is 3.03. The van der Waals surface area contributed by atoms with E-state index in [1.54, 1.807) is 9.58 Å². The molecule has 2 unspecified atom stereocenters. The molecule has 3 rings (SSSR count). The first-order valence-corrected chi connectivity index (χ1v) is 9.34. The van der Waals surface area contributed by atoms with E-state index in [0.717, 1.165) is 24.9 Å². The van der Waals surface area contributed by atoms with Gasteiger partial charge in [-0.3, -0.25) is 4.79 Å². The van der Waals surface area contributed by atoms with Crippen LogP contribution in [0, 0.1) is 0 Å². The Bertz CT molecular complexity index is 771. The molecule has 0 saturated carbocycles. The number of hydrogen-bond acceptors (Lipinski definition) is 4. The van der Waals surface area contributed by atoms with Crippen LogP contribution in [0.3, 0.4) is 0 Å². The number of carbonyl (C=O) groups is 1. The van der Waals surface area contributed by atoms with Crippen LogP contribution in [0.4, 0.5) is 0 Å². The number of aromatic nitrogens is 2. The summed E-state index contributed by atoms with van der Waals surface area (Å²) in [6.45, 7) is 6.85. The SMILES string of the molecule is CC(C)c1ccc(-n2cc(O)c(C(=O)N3CCCCC3C(C)N)n2)cc1.Cl. The molecular weight excluding hydrogens is 364 g/mol. The molecule has 1 aromatic heterocycles. The van der Waals surface area contributed by atoms with Crippen molar-refractivity contribution in [2.24, 2.45) is 5.73 Å². The van der Waals surface area contributed by atoms with Crippen molar-refractivity contribution < 1.29 is 9.90 Å². The maximum atomic E-state index is 13.0. The number of nitrogens with zero attached hydrogens (tertiary/aromatic N) is 3. The van der Waals surface area contributed by atoms with Crippen LogP contribution < -0.4 is 5.73 Å². The Kier molecular flexibility index (Phi) is 6.89. The van der Waals surface area contributed by atoms with Gasteiger partial charge in [0.1, 0.15) is 0 Å². The molecule has 0 radical (unpaired) electrons. The van der Waals surface area contributed by atoms with Crippen LogP contribution in [0.2, 0.25) is 0 Å². The fourth-order valence-electron chi connectivity index (χ4n) is 3.55. The summed E-state index contributed by atoms with van der Waals surface area (Å²) in [5, 5.41) is 14.7. The zero-order valence-electron chi connectivity index (χ0n) is 16.1. The van der Waals surface area contributed by atoms with Crippen molar-refractivity contribution in [3.05, 3.63) is 41.7 Å². The fraction of sp³-hybridized carbons (Fsp3) is 0.500. The Balaban J connectivity index is 0.00000261. The molecule has 0 spiro atoms. The standard InChI is InChI=1S/C20H28N4O2.ClH/c1-13(2)15-7-9-16(10-8-15)24-12-18(25)19(22-24)20(26)23-11-5-4-6-17(23)14(3)21;/h7-10,12-14,17,25H,4-6,11,21H2,1-3H3;1H. The van der Waals surface area contributed by atoms with E-state index in [1.165, 1.54) is 11.8 Å². The maximum Gasteiger partial charge on any atom is 0.278 e. The number of amides is 1. The first-order valence-electron chi connectivity index (χ1n) is 9.34. The number of likely N-dealkylation sites (tertiary alicyclic amines) is 1. The van der Waals surface area contributed by atoms with Crippen molar-refractivity contribution >= 4 is 18.3 Å². The van der Waals surface area contributed by atoms with Crippen LogP contribution >= 0.6 is 12.4 Å². The number of piperidine rings is 1. The first-order chi connectivity index (χ1) is 12.4. The third-order valence-corrected chi connectivity index (χ3v) is 5.14. The van der Waals surface area contributed by atoms with E-state index in [-0.39, 0.29) is 41.8 Å². The minimum absolute atomic E-state index is 0. The summed E-state index contributed by atoms with van der Waals surface area (Å²) in [5.74, 6) is 0.0977. The normalized spacial score (nSPS) is 18.3. The maximum absolute atomic E-state index is 13.0. The number of aromatic hydroxyl groups is 1. The van der Waals surface area contributed by atoms with Crippen molar-refractivity contribution in [2.75, 3.05) is 6.54 Å². The summed E-state index contributed by atoms with van der Waals surface area (Å²) in [4.78, 5) is 14.7. The predicted molar refractivity (Wildman–Crippen MR) is 109 cm³/mol. The number of hydrogen-bond donors (Lipinski definition) is 2. The minimum atomic E-state index is -0.248. The zero-order valence-corrected chi connectivity index (χ0v) is 16.9. The minimum Gasteiger partial charge on any atom is -0.504 e. The lowest BCUT2D eigenvalue weighted by Gasteiger charge is -2.37. The lowest BCUT2D eigenvalue weighted by atomic mass is 9.96. The Labute approximate surface area is 166 Å². The summed E-state index contributed by atoms with van der Waals surface area (Å²) < 4.78 is 1.55. The number of benzene rings is 1. The van der Waals surface area contributed by atoms with Crippen molar-refractivity contribution in [1.29, 1.82) is 0 Å². The lowest BCUT2D eigenvalue weighted by Crippen LogP contribution is -2.51. The van der Waals surface area contributed by atoms with Crippen LogP contribution in [0.5, 0.6) is 5.75 Å². The molecule has 6 nitrogen and oxygen atoms in total. The molecule has 7 heteroatoms. The Morgan fingerprint density at radius 3 is 2.48 bits per heavy atom. The highest BCUT2D eigenvalue weighted by Gasteiger charge is 2.32. The molecule has 1 aliphatic heterocycles. The molecule has 148 valence electrons. The molecule has 1 amide bonds. The van der Waals surface area contributed by atoms with Crippen molar-refractivity contribution in [3.63, 3.8) is 0 Å². The van der Waals surface area contributed by atoms with E-state index >= 15 is 0 Å².